The van der Waals surface area contributed by atoms with Crippen LogP contribution in [0.1, 0.15) is 30.4 Å². The van der Waals surface area contributed by atoms with E-state index in [-0.39, 0.29) is 22.0 Å². The van der Waals surface area contributed by atoms with Crippen molar-refractivity contribution in [3.8, 4) is 0 Å². The Morgan fingerprint density at radius 2 is 2.14 bits per heavy atom. The molecule has 3 N–H and O–H groups in total. The van der Waals surface area contributed by atoms with Crippen molar-refractivity contribution in [2.24, 2.45) is 5.73 Å². The highest BCUT2D eigenvalue weighted by molar-refractivity contribution is 7.89. The fraction of sp³-hybridized carbons (Fsp3) is 0.500. The van der Waals surface area contributed by atoms with Gasteiger partial charge in [0.15, 0.2) is 0 Å². The molecule has 1 aliphatic carbocycles. The van der Waals surface area contributed by atoms with Crippen LogP contribution in [-0.4, -0.2) is 32.7 Å². The van der Waals surface area contributed by atoms with Crippen LogP contribution in [0.5, 0.6) is 0 Å². The zero-order valence-corrected chi connectivity index (χ0v) is 13.8. The summed E-state index contributed by atoms with van der Waals surface area (Å²) < 4.78 is 33.1. The van der Waals surface area contributed by atoms with Crippen molar-refractivity contribution in [2.45, 2.75) is 43.2 Å². The molecule has 116 valence electrons. The van der Waals surface area contributed by atoms with Gasteiger partial charge in [-0.25, -0.2) is 13.1 Å². The first-order chi connectivity index (χ1) is 9.85. The summed E-state index contributed by atoms with van der Waals surface area (Å²) in [4.78, 5) is 0.509. The largest absolute Gasteiger partial charge is 0.389 e. The molecule has 0 saturated heterocycles. The van der Waals surface area contributed by atoms with Crippen molar-refractivity contribution in [3.05, 3.63) is 29.3 Å². The van der Waals surface area contributed by atoms with E-state index in [4.69, 9.17) is 22.7 Å². The van der Waals surface area contributed by atoms with Crippen LogP contribution in [0.3, 0.4) is 0 Å². The number of aryl methyl sites for hydroxylation is 1. The molecule has 0 aromatic heterocycles. The molecule has 2 atom stereocenters. The van der Waals surface area contributed by atoms with E-state index in [1.165, 1.54) is 0 Å². The van der Waals surface area contributed by atoms with Crippen molar-refractivity contribution in [1.29, 1.82) is 0 Å². The number of sulfonamides is 1. The number of hydrogen-bond acceptors (Lipinski definition) is 4. The van der Waals surface area contributed by atoms with Gasteiger partial charge in [0, 0.05) is 18.7 Å². The quantitative estimate of drug-likeness (QED) is 0.800. The Balaban J connectivity index is 2.25. The van der Waals surface area contributed by atoms with E-state index in [1.807, 2.05) is 0 Å². The molecule has 7 heteroatoms. The minimum atomic E-state index is -3.57. The number of benzene rings is 1. The van der Waals surface area contributed by atoms with E-state index >= 15 is 0 Å². The predicted molar refractivity (Wildman–Crippen MR) is 85.8 cm³/mol. The summed E-state index contributed by atoms with van der Waals surface area (Å²) in [6.07, 6.45) is 2.58. The topological polar surface area (TPSA) is 81.4 Å². The monoisotopic (exact) mass is 328 g/mol. The van der Waals surface area contributed by atoms with E-state index in [0.717, 1.165) is 19.3 Å². The Bertz CT molecular complexity index is 644. The zero-order chi connectivity index (χ0) is 15.6. The minimum absolute atomic E-state index is 0.0593. The van der Waals surface area contributed by atoms with E-state index in [0.29, 0.717) is 11.1 Å². The van der Waals surface area contributed by atoms with Crippen LogP contribution in [0, 0.1) is 6.92 Å². The van der Waals surface area contributed by atoms with Crippen molar-refractivity contribution in [1.82, 2.24) is 4.72 Å². The van der Waals surface area contributed by atoms with E-state index in [9.17, 15) is 8.42 Å². The first kappa shape index (κ1) is 16.4. The lowest BCUT2D eigenvalue weighted by Crippen LogP contribution is -2.40. The normalized spacial score (nSPS) is 22.4. The number of hydrogen-bond donors (Lipinski definition) is 2. The molecule has 2 unspecified atom stereocenters. The minimum Gasteiger partial charge on any atom is -0.389 e. The molecule has 1 aromatic rings. The molecule has 0 radical (unpaired) electrons. The van der Waals surface area contributed by atoms with Gasteiger partial charge in [-0.2, -0.15) is 0 Å². The predicted octanol–water partition coefficient (Wildman–Crippen LogP) is 1.48. The molecule has 0 amide bonds. The van der Waals surface area contributed by atoms with Crippen LogP contribution in [0.4, 0.5) is 0 Å². The maximum absolute atomic E-state index is 12.5. The van der Waals surface area contributed by atoms with Gasteiger partial charge in [0.1, 0.15) is 4.99 Å². The van der Waals surface area contributed by atoms with E-state index < -0.39 is 10.0 Å². The van der Waals surface area contributed by atoms with Crippen LogP contribution in [-0.2, 0) is 14.8 Å². The lowest BCUT2D eigenvalue weighted by atomic mass is 10.1. The summed E-state index contributed by atoms with van der Waals surface area (Å²) in [5, 5.41) is 0. The average molecular weight is 328 g/mol. The second-order valence-electron chi connectivity index (χ2n) is 5.28. The van der Waals surface area contributed by atoms with Gasteiger partial charge >= 0.3 is 0 Å². The lowest BCUT2D eigenvalue weighted by molar-refractivity contribution is 0.0916. The van der Waals surface area contributed by atoms with Gasteiger partial charge in [0.2, 0.25) is 10.0 Å². The van der Waals surface area contributed by atoms with Gasteiger partial charge in [0.05, 0.1) is 11.0 Å². The first-order valence-electron chi connectivity index (χ1n) is 6.80. The fourth-order valence-electron chi connectivity index (χ4n) is 2.71. The van der Waals surface area contributed by atoms with Gasteiger partial charge in [0.25, 0.3) is 0 Å². The van der Waals surface area contributed by atoms with Crippen LogP contribution in [0.25, 0.3) is 0 Å². The maximum atomic E-state index is 12.5. The molecular weight excluding hydrogens is 308 g/mol. The Morgan fingerprint density at radius 3 is 2.71 bits per heavy atom. The van der Waals surface area contributed by atoms with Crippen molar-refractivity contribution >= 4 is 27.2 Å². The van der Waals surface area contributed by atoms with E-state index in [1.54, 1.807) is 32.2 Å². The lowest BCUT2D eigenvalue weighted by Gasteiger charge is -2.20. The third-order valence-electron chi connectivity index (χ3n) is 3.81. The summed E-state index contributed by atoms with van der Waals surface area (Å²) in [7, 11) is -1.96. The molecule has 0 aliphatic heterocycles. The van der Waals surface area contributed by atoms with Gasteiger partial charge in [-0.15, -0.1) is 0 Å². The Labute approximate surface area is 130 Å². The molecule has 0 bridgehead atoms. The maximum Gasteiger partial charge on any atom is 0.241 e. The highest BCUT2D eigenvalue weighted by Crippen LogP contribution is 2.24. The number of nitrogens with two attached hydrogens (primary N) is 1. The van der Waals surface area contributed by atoms with Crippen molar-refractivity contribution in [2.75, 3.05) is 7.11 Å². The smallest absolute Gasteiger partial charge is 0.241 e. The molecule has 1 aromatic carbocycles. The van der Waals surface area contributed by atoms with Crippen LogP contribution in [0.15, 0.2) is 23.1 Å². The summed E-state index contributed by atoms with van der Waals surface area (Å²) in [5.74, 6) is 0. The summed E-state index contributed by atoms with van der Waals surface area (Å²) >= 11 is 4.90. The third-order valence-corrected chi connectivity index (χ3v) is 5.70. The Hall–Kier alpha value is -1.02. The fourth-order valence-corrected chi connectivity index (χ4v) is 4.36. The number of thiocarbonyl (C=S) groups is 1. The molecule has 0 heterocycles. The highest BCUT2D eigenvalue weighted by atomic mass is 32.2. The van der Waals surface area contributed by atoms with Crippen LogP contribution >= 0.6 is 12.2 Å². The summed E-state index contributed by atoms with van der Waals surface area (Å²) in [5.41, 5.74) is 6.85. The Morgan fingerprint density at radius 1 is 1.43 bits per heavy atom. The van der Waals surface area contributed by atoms with Crippen LogP contribution < -0.4 is 10.5 Å². The molecule has 1 fully saturated rings. The number of rotatable bonds is 5. The number of methoxy groups -OCH3 is 1. The van der Waals surface area contributed by atoms with Gasteiger partial charge in [-0.3, -0.25) is 0 Å². The summed E-state index contributed by atoms with van der Waals surface area (Å²) in [6, 6.07) is 4.70. The number of ether oxygens (including phenoxy) is 1. The van der Waals surface area contributed by atoms with Gasteiger partial charge in [-0.05, 0) is 43.9 Å². The van der Waals surface area contributed by atoms with Gasteiger partial charge in [-0.1, -0.05) is 18.3 Å². The van der Waals surface area contributed by atoms with Crippen molar-refractivity contribution < 1.29 is 13.2 Å². The average Bonchev–Trinajstić information content (AvgIpc) is 2.84. The molecule has 21 heavy (non-hydrogen) atoms. The molecule has 2 rings (SSSR count). The second kappa shape index (κ2) is 6.39. The molecule has 1 saturated carbocycles. The molecule has 1 aliphatic rings. The third kappa shape index (κ3) is 3.60. The highest BCUT2D eigenvalue weighted by Gasteiger charge is 2.31. The van der Waals surface area contributed by atoms with Crippen LogP contribution in [0.2, 0.25) is 0 Å². The van der Waals surface area contributed by atoms with E-state index in [2.05, 4.69) is 4.72 Å². The second-order valence-corrected chi connectivity index (χ2v) is 7.40. The zero-order valence-electron chi connectivity index (χ0n) is 12.1. The standard InChI is InChI=1S/C14H20N2O3S2/c1-9-8-10(14(15)20)6-7-13(9)21(17,18)16-11-4-3-5-12(11)19-2/h6-8,11-12,16H,3-5H2,1-2H3,(H2,15,20). The summed E-state index contributed by atoms with van der Waals surface area (Å²) in [6.45, 7) is 1.73. The Kier molecular flexibility index (Phi) is 4.98. The van der Waals surface area contributed by atoms with Gasteiger partial charge < -0.3 is 10.5 Å². The molecule has 5 nitrogen and oxygen atoms in total. The number of nitrogens with one attached hydrogen (secondary N) is 1. The SMILES string of the molecule is COC1CCCC1NS(=O)(=O)c1ccc(C(N)=S)cc1C. The first-order valence-corrected chi connectivity index (χ1v) is 8.70. The van der Waals surface area contributed by atoms with Crippen molar-refractivity contribution in [3.63, 3.8) is 0 Å². The molecular formula is C14H20N2O3S2. The molecule has 0 spiro atoms.